The molecule has 22 heavy (non-hydrogen) atoms. The highest BCUT2D eigenvalue weighted by Gasteiger charge is 2.35. The molecule has 1 fully saturated rings. The molecule has 2 rings (SSSR count). The molecule has 1 saturated heterocycles. The van der Waals surface area contributed by atoms with Crippen LogP contribution in [0, 0.1) is 0 Å². The molecular formula is C13H17BrN2O5S. The summed E-state index contributed by atoms with van der Waals surface area (Å²) in [5.74, 6) is 0.233. The molecule has 0 radical (unpaired) electrons. The van der Waals surface area contributed by atoms with Crippen molar-refractivity contribution >= 4 is 32.0 Å². The maximum absolute atomic E-state index is 12.5. The molecule has 1 aliphatic heterocycles. The van der Waals surface area contributed by atoms with Gasteiger partial charge in [-0.25, -0.2) is 17.9 Å². The fourth-order valence-electron chi connectivity index (χ4n) is 2.53. The Morgan fingerprint density at radius 3 is 2.73 bits per heavy atom. The van der Waals surface area contributed by atoms with E-state index in [4.69, 9.17) is 9.84 Å². The molecule has 7 nitrogen and oxygen atoms in total. The van der Waals surface area contributed by atoms with E-state index in [-0.39, 0.29) is 23.2 Å². The van der Waals surface area contributed by atoms with Gasteiger partial charge in [0.05, 0.1) is 7.11 Å². The molecule has 0 saturated carbocycles. The number of nitrogens with zero attached hydrogens (tertiary/aromatic N) is 1. The topological polar surface area (TPSA) is 95.9 Å². The number of rotatable bonds is 4. The van der Waals surface area contributed by atoms with E-state index in [0.29, 0.717) is 10.9 Å². The van der Waals surface area contributed by atoms with Gasteiger partial charge in [0, 0.05) is 23.1 Å². The Labute approximate surface area is 137 Å². The maximum atomic E-state index is 12.5. The summed E-state index contributed by atoms with van der Waals surface area (Å²) in [6.45, 7) is 1.88. The minimum atomic E-state index is -3.81. The summed E-state index contributed by atoms with van der Waals surface area (Å²) in [7, 11) is -2.41. The van der Waals surface area contributed by atoms with E-state index in [1.165, 1.54) is 18.1 Å². The van der Waals surface area contributed by atoms with E-state index in [9.17, 15) is 13.2 Å². The first-order valence-electron chi connectivity index (χ1n) is 6.60. The average molecular weight is 393 g/mol. The molecule has 2 atom stereocenters. The summed E-state index contributed by atoms with van der Waals surface area (Å²) in [5.41, 5.74) is 0. The molecule has 0 aliphatic carbocycles. The Bertz CT molecular complexity index is 679. The molecule has 1 aliphatic rings. The van der Waals surface area contributed by atoms with Crippen molar-refractivity contribution in [3.63, 3.8) is 0 Å². The summed E-state index contributed by atoms with van der Waals surface area (Å²) in [6, 6.07) is 4.00. The van der Waals surface area contributed by atoms with Gasteiger partial charge in [0.1, 0.15) is 10.6 Å². The summed E-state index contributed by atoms with van der Waals surface area (Å²) in [6.07, 6.45) is -0.615. The Kier molecular flexibility index (Phi) is 4.98. The van der Waals surface area contributed by atoms with Crippen molar-refractivity contribution in [1.29, 1.82) is 0 Å². The van der Waals surface area contributed by atoms with Crippen molar-refractivity contribution in [2.24, 2.45) is 0 Å². The van der Waals surface area contributed by atoms with E-state index >= 15 is 0 Å². The number of carboxylic acid groups (broad SMARTS) is 1. The number of sulfonamides is 1. The highest BCUT2D eigenvalue weighted by molar-refractivity contribution is 9.10. The average Bonchev–Trinajstić information content (AvgIpc) is 2.79. The van der Waals surface area contributed by atoms with Gasteiger partial charge in [0.2, 0.25) is 10.0 Å². The van der Waals surface area contributed by atoms with Crippen LogP contribution < -0.4 is 9.46 Å². The van der Waals surface area contributed by atoms with Crippen LogP contribution in [0.4, 0.5) is 4.79 Å². The number of methoxy groups -OCH3 is 1. The van der Waals surface area contributed by atoms with Gasteiger partial charge in [-0.15, -0.1) is 0 Å². The molecule has 1 aromatic rings. The number of ether oxygens (including phenoxy) is 1. The van der Waals surface area contributed by atoms with E-state index in [2.05, 4.69) is 20.7 Å². The largest absolute Gasteiger partial charge is 0.495 e. The van der Waals surface area contributed by atoms with Gasteiger partial charge in [0.15, 0.2) is 0 Å². The van der Waals surface area contributed by atoms with Gasteiger partial charge in [-0.3, -0.25) is 0 Å². The van der Waals surface area contributed by atoms with Gasteiger partial charge in [-0.1, -0.05) is 15.9 Å². The van der Waals surface area contributed by atoms with Crippen LogP contribution in [0.25, 0.3) is 0 Å². The van der Waals surface area contributed by atoms with Crippen LogP contribution in [0.5, 0.6) is 5.75 Å². The first-order chi connectivity index (χ1) is 10.2. The highest BCUT2D eigenvalue weighted by atomic mass is 79.9. The van der Waals surface area contributed by atoms with Crippen molar-refractivity contribution in [3.8, 4) is 5.75 Å². The van der Waals surface area contributed by atoms with Crippen LogP contribution >= 0.6 is 15.9 Å². The molecular weight excluding hydrogens is 376 g/mol. The van der Waals surface area contributed by atoms with Crippen molar-refractivity contribution in [1.82, 2.24) is 9.62 Å². The zero-order valence-electron chi connectivity index (χ0n) is 12.1. The van der Waals surface area contributed by atoms with Crippen molar-refractivity contribution in [2.75, 3.05) is 13.7 Å². The summed E-state index contributed by atoms with van der Waals surface area (Å²) in [5, 5.41) is 9.06. The Morgan fingerprint density at radius 1 is 1.50 bits per heavy atom. The third kappa shape index (κ3) is 3.53. The van der Waals surface area contributed by atoms with Crippen LogP contribution in [0.1, 0.15) is 13.3 Å². The number of hydrogen-bond donors (Lipinski definition) is 2. The summed E-state index contributed by atoms with van der Waals surface area (Å²) < 4.78 is 33.3. The highest BCUT2D eigenvalue weighted by Crippen LogP contribution is 2.28. The second-order valence-electron chi connectivity index (χ2n) is 5.13. The lowest BCUT2D eigenvalue weighted by Crippen LogP contribution is -2.38. The second kappa shape index (κ2) is 6.43. The monoisotopic (exact) mass is 392 g/mol. The van der Waals surface area contributed by atoms with Crippen LogP contribution in [0.3, 0.4) is 0 Å². The summed E-state index contributed by atoms with van der Waals surface area (Å²) >= 11 is 3.24. The lowest BCUT2D eigenvalue weighted by Gasteiger charge is -2.17. The standard InChI is InChI=1S/C13H17BrN2O5S/c1-8-5-10(7-16(8)13(17)18)15-22(19,20)12-6-9(14)3-4-11(12)21-2/h3-4,6,8,10,15H,5,7H2,1-2H3,(H,17,18)/t8-,10+/m0/s1. The zero-order chi connectivity index (χ0) is 16.5. The van der Waals surface area contributed by atoms with Crippen molar-refractivity contribution in [3.05, 3.63) is 22.7 Å². The van der Waals surface area contributed by atoms with E-state index in [1.807, 2.05) is 0 Å². The zero-order valence-corrected chi connectivity index (χ0v) is 14.5. The third-order valence-corrected chi connectivity index (χ3v) is 5.59. The van der Waals surface area contributed by atoms with Crippen molar-refractivity contribution in [2.45, 2.75) is 30.3 Å². The Morgan fingerprint density at radius 2 is 2.18 bits per heavy atom. The fraction of sp³-hybridized carbons (Fsp3) is 0.462. The smallest absolute Gasteiger partial charge is 0.407 e. The second-order valence-corrected chi connectivity index (χ2v) is 7.73. The first kappa shape index (κ1) is 17.0. The van der Waals surface area contributed by atoms with Crippen LogP contribution in [0.15, 0.2) is 27.6 Å². The molecule has 1 amide bonds. The van der Waals surface area contributed by atoms with E-state index in [0.717, 1.165) is 0 Å². The number of nitrogens with one attached hydrogen (secondary N) is 1. The Hall–Kier alpha value is -1.32. The number of likely N-dealkylation sites (tertiary alicyclic amines) is 1. The number of benzene rings is 1. The van der Waals surface area contributed by atoms with Gasteiger partial charge in [-0.05, 0) is 31.5 Å². The van der Waals surface area contributed by atoms with Crippen LogP contribution in [-0.4, -0.2) is 50.3 Å². The molecule has 1 heterocycles. The quantitative estimate of drug-likeness (QED) is 0.815. The van der Waals surface area contributed by atoms with Crippen LogP contribution in [-0.2, 0) is 10.0 Å². The molecule has 0 unspecified atom stereocenters. The van der Waals surface area contributed by atoms with Crippen LogP contribution in [0.2, 0.25) is 0 Å². The van der Waals surface area contributed by atoms with Crippen molar-refractivity contribution < 1.29 is 23.1 Å². The molecule has 9 heteroatoms. The van der Waals surface area contributed by atoms with Gasteiger partial charge in [-0.2, -0.15) is 0 Å². The van der Waals surface area contributed by atoms with Gasteiger partial charge < -0.3 is 14.7 Å². The normalized spacial score (nSPS) is 21.9. The lowest BCUT2D eigenvalue weighted by molar-refractivity contribution is 0.143. The molecule has 1 aromatic carbocycles. The number of carbonyl (C=O) groups is 1. The molecule has 122 valence electrons. The number of amides is 1. The molecule has 0 bridgehead atoms. The lowest BCUT2D eigenvalue weighted by atomic mass is 10.2. The van der Waals surface area contributed by atoms with Gasteiger partial charge in [0.25, 0.3) is 0 Å². The number of halogens is 1. The molecule has 2 N–H and O–H groups in total. The third-order valence-electron chi connectivity index (χ3n) is 3.56. The number of hydrogen-bond acceptors (Lipinski definition) is 4. The minimum Gasteiger partial charge on any atom is -0.495 e. The molecule has 0 aromatic heterocycles. The summed E-state index contributed by atoms with van der Waals surface area (Å²) in [4.78, 5) is 12.3. The molecule has 0 spiro atoms. The SMILES string of the molecule is COc1ccc(Br)cc1S(=O)(=O)N[C@@H]1C[C@H](C)N(C(=O)O)C1. The first-order valence-corrected chi connectivity index (χ1v) is 8.87. The fourth-order valence-corrected chi connectivity index (χ4v) is 4.47. The predicted molar refractivity (Wildman–Crippen MR) is 83.6 cm³/mol. The van der Waals surface area contributed by atoms with E-state index < -0.39 is 22.2 Å². The maximum Gasteiger partial charge on any atom is 0.407 e. The minimum absolute atomic E-state index is 0.0193. The van der Waals surface area contributed by atoms with Gasteiger partial charge >= 0.3 is 6.09 Å². The predicted octanol–water partition coefficient (Wildman–Crippen LogP) is 1.88. The van der Waals surface area contributed by atoms with E-state index in [1.54, 1.807) is 19.1 Å². The Balaban J connectivity index is 2.23.